The number of aromatic nitrogens is 6. The van der Waals surface area contributed by atoms with Crippen LogP contribution in [-0.2, 0) is 22.5 Å². The highest BCUT2D eigenvalue weighted by Crippen LogP contribution is 2.17. The fourth-order valence-electron chi connectivity index (χ4n) is 2.29. The van der Waals surface area contributed by atoms with Gasteiger partial charge in [0.2, 0.25) is 5.91 Å². The molecular formula is C15H20N8O2. The van der Waals surface area contributed by atoms with Gasteiger partial charge in [0, 0.05) is 31.6 Å². The number of hydrogen-bond acceptors (Lipinski definition) is 7. The lowest BCUT2D eigenvalue weighted by atomic mass is 10.3. The summed E-state index contributed by atoms with van der Waals surface area (Å²) in [4.78, 5) is 20.3. The van der Waals surface area contributed by atoms with Crippen LogP contribution < -0.4 is 10.6 Å². The molecule has 10 nitrogen and oxygen atoms in total. The standard InChI is InChI=1S/C15H20N8O2/c1-3-11-6-13(23-15(21-11)17-10-19-23)20-12-7-18-22(8-12)9-14(24)16-4-5-25-2/h6-8,10,20H,3-5,9H2,1-2H3,(H,16,24). The number of ether oxygens (including phenoxy) is 1. The molecule has 2 N–H and O–H groups in total. The molecule has 3 heterocycles. The third kappa shape index (κ3) is 4.10. The summed E-state index contributed by atoms with van der Waals surface area (Å²) in [6.45, 7) is 3.12. The van der Waals surface area contributed by atoms with Crippen LogP contribution >= 0.6 is 0 Å². The van der Waals surface area contributed by atoms with Crippen LogP contribution in [-0.4, -0.2) is 55.5 Å². The van der Waals surface area contributed by atoms with Crippen molar-refractivity contribution in [2.24, 2.45) is 0 Å². The molecule has 3 rings (SSSR count). The predicted octanol–water partition coefficient (Wildman–Crippen LogP) is 0.389. The van der Waals surface area contributed by atoms with Crippen molar-refractivity contribution in [2.75, 3.05) is 25.6 Å². The molecule has 10 heteroatoms. The SMILES string of the molecule is CCc1cc(Nc2cnn(CC(=O)NCCOC)c2)n2ncnc2n1. The summed E-state index contributed by atoms with van der Waals surface area (Å²) in [6, 6.07) is 1.91. The van der Waals surface area contributed by atoms with E-state index in [2.05, 4.69) is 30.8 Å². The van der Waals surface area contributed by atoms with E-state index < -0.39 is 0 Å². The molecule has 3 aromatic heterocycles. The maximum Gasteiger partial charge on any atom is 0.254 e. The average Bonchev–Trinajstić information content (AvgIpc) is 3.24. The molecule has 0 aromatic carbocycles. The molecule has 0 spiro atoms. The van der Waals surface area contributed by atoms with Crippen molar-refractivity contribution in [3.05, 3.63) is 30.5 Å². The molecular weight excluding hydrogens is 324 g/mol. The second-order valence-electron chi connectivity index (χ2n) is 5.35. The van der Waals surface area contributed by atoms with Crippen LogP contribution in [0.4, 0.5) is 11.5 Å². The first-order chi connectivity index (χ1) is 12.2. The molecule has 25 heavy (non-hydrogen) atoms. The van der Waals surface area contributed by atoms with Crippen molar-refractivity contribution in [3.8, 4) is 0 Å². The maximum absolute atomic E-state index is 11.8. The Balaban J connectivity index is 1.69. The van der Waals surface area contributed by atoms with Gasteiger partial charge in [0.15, 0.2) is 0 Å². The van der Waals surface area contributed by atoms with E-state index in [-0.39, 0.29) is 12.5 Å². The number of amides is 1. The first kappa shape index (κ1) is 16.8. The van der Waals surface area contributed by atoms with Crippen molar-refractivity contribution in [2.45, 2.75) is 19.9 Å². The largest absolute Gasteiger partial charge is 0.383 e. The molecule has 0 aliphatic heterocycles. The van der Waals surface area contributed by atoms with Gasteiger partial charge < -0.3 is 15.4 Å². The Bertz CT molecular complexity index is 856. The summed E-state index contributed by atoms with van der Waals surface area (Å²) in [5.74, 6) is 1.15. The Morgan fingerprint density at radius 3 is 3.04 bits per heavy atom. The van der Waals surface area contributed by atoms with Crippen LogP contribution in [0, 0.1) is 0 Å². The van der Waals surface area contributed by atoms with E-state index in [0.717, 1.165) is 23.6 Å². The monoisotopic (exact) mass is 344 g/mol. The Labute approximate surface area is 144 Å². The zero-order chi connectivity index (χ0) is 17.6. The lowest BCUT2D eigenvalue weighted by molar-refractivity contribution is -0.122. The third-order valence-electron chi connectivity index (χ3n) is 3.51. The van der Waals surface area contributed by atoms with E-state index in [1.54, 1.807) is 28.7 Å². The van der Waals surface area contributed by atoms with Crippen LogP contribution in [0.2, 0.25) is 0 Å². The second-order valence-corrected chi connectivity index (χ2v) is 5.35. The zero-order valence-electron chi connectivity index (χ0n) is 14.1. The molecule has 1 amide bonds. The Morgan fingerprint density at radius 1 is 1.36 bits per heavy atom. The van der Waals surface area contributed by atoms with Gasteiger partial charge in [0.25, 0.3) is 5.78 Å². The number of carbonyl (C=O) groups excluding carboxylic acids is 1. The third-order valence-corrected chi connectivity index (χ3v) is 3.51. The van der Waals surface area contributed by atoms with E-state index in [1.165, 1.54) is 6.33 Å². The molecule has 0 aliphatic carbocycles. The molecule has 0 fully saturated rings. The van der Waals surface area contributed by atoms with Crippen LogP contribution in [0.25, 0.3) is 5.78 Å². The first-order valence-electron chi connectivity index (χ1n) is 7.94. The van der Waals surface area contributed by atoms with Crippen molar-refractivity contribution in [3.63, 3.8) is 0 Å². The van der Waals surface area contributed by atoms with Gasteiger partial charge in [-0.3, -0.25) is 9.48 Å². The molecule has 0 saturated heterocycles. The number of nitrogens with zero attached hydrogens (tertiary/aromatic N) is 6. The Morgan fingerprint density at radius 2 is 2.24 bits per heavy atom. The molecule has 0 unspecified atom stereocenters. The van der Waals surface area contributed by atoms with E-state index in [1.807, 2.05) is 13.0 Å². The molecule has 0 saturated carbocycles. The zero-order valence-corrected chi connectivity index (χ0v) is 14.1. The maximum atomic E-state index is 11.8. The molecule has 0 radical (unpaired) electrons. The van der Waals surface area contributed by atoms with Gasteiger partial charge in [-0.1, -0.05) is 6.92 Å². The van der Waals surface area contributed by atoms with Gasteiger partial charge >= 0.3 is 0 Å². The summed E-state index contributed by atoms with van der Waals surface area (Å²) in [6.07, 6.45) is 5.65. The minimum absolute atomic E-state index is 0.123. The summed E-state index contributed by atoms with van der Waals surface area (Å²) in [5.41, 5.74) is 1.66. The number of nitrogens with one attached hydrogen (secondary N) is 2. The van der Waals surface area contributed by atoms with Crippen LogP contribution in [0.15, 0.2) is 24.8 Å². The minimum Gasteiger partial charge on any atom is -0.383 e. The molecule has 132 valence electrons. The smallest absolute Gasteiger partial charge is 0.254 e. The predicted molar refractivity (Wildman–Crippen MR) is 90.6 cm³/mol. The van der Waals surface area contributed by atoms with Crippen molar-refractivity contribution < 1.29 is 9.53 Å². The van der Waals surface area contributed by atoms with Gasteiger partial charge in [-0.05, 0) is 6.42 Å². The van der Waals surface area contributed by atoms with Crippen molar-refractivity contribution >= 4 is 23.2 Å². The highest BCUT2D eigenvalue weighted by molar-refractivity contribution is 5.75. The van der Waals surface area contributed by atoms with Gasteiger partial charge in [0.05, 0.1) is 18.5 Å². The van der Waals surface area contributed by atoms with E-state index in [9.17, 15) is 4.79 Å². The van der Waals surface area contributed by atoms with E-state index in [0.29, 0.717) is 18.9 Å². The fraction of sp³-hybridized carbons (Fsp3) is 0.400. The highest BCUT2D eigenvalue weighted by Gasteiger charge is 2.09. The fourth-order valence-corrected chi connectivity index (χ4v) is 2.29. The normalized spacial score (nSPS) is 11.0. The minimum atomic E-state index is -0.123. The Hall–Kier alpha value is -3.01. The van der Waals surface area contributed by atoms with Crippen molar-refractivity contribution in [1.29, 1.82) is 0 Å². The second kappa shape index (κ2) is 7.71. The van der Waals surface area contributed by atoms with Gasteiger partial charge in [-0.15, -0.1) is 0 Å². The number of hydrogen-bond donors (Lipinski definition) is 2. The van der Waals surface area contributed by atoms with E-state index in [4.69, 9.17) is 4.74 Å². The number of anilines is 2. The van der Waals surface area contributed by atoms with E-state index >= 15 is 0 Å². The molecule has 3 aromatic rings. The number of methoxy groups -OCH3 is 1. The molecule has 0 atom stereocenters. The van der Waals surface area contributed by atoms with Gasteiger partial charge in [-0.25, -0.2) is 4.98 Å². The van der Waals surface area contributed by atoms with Gasteiger partial charge in [0.1, 0.15) is 18.7 Å². The van der Waals surface area contributed by atoms with Crippen LogP contribution in [0.1, 0.15) is 12.6 Å². The summed E-state index contributed by atoms with van der Waals surface area (Å²) < 4.78 is 8.07. The van der Waals surface area contributed by atoms with Crippen LogP contribution in [0.5, 0.6) is 0 Å². The average molecular weight is 344 g/mol. The number of fused-ring (bicyclic) bond motifs is 1. The number of carbonyl (C=O) groups is 1. The highest BCUT2D eigenvalue weighted by atomic mass is 16.5. The topological polar surface area (TPSA) is 111 Å². The summed E-state index contributed by atoms with van der Waals surface area (Å²) >= 11 is 0. The van der Waals surface area contributed by atoms with Crippen LogP contribution in [0.3, 0.4) is 0 Å². The number of rotatable bonds is 8. The number of aryl methyl sites for hydroxylation is 1. The lowest BCUT2D eigenvalue weighted by Gasteiger charge is -2.07. The quantitative estimate of drug-likeness (QED) is 0.569. The summed E-state index contributed by atoms with van der Waals surface area (Å²) in [7, 11) is 1.59. The summed E-state index contributed by atoms with van der Waals surface area (Å²) in [5, 5.41) is 14.3. The van der Waals surface area contributed by atoms with Gasteiger partial charge in [-0.2, -0.15) is 19.7 Å². The Kier molecular flexibility index (Phi) is 5.19. The first-order valence-corrected chi connectivity index (χ1v) is 7.94. The molecule has 0 aliphatic rings. The molecule has 0 bridgehead atoms. The van der Waals surface area contributed by atoms with Crippen molar-refractivity contribution in [1.82, 2.24) is 34.7 Å². The lowest BCUT2D eigenvalue weighted by Crippen LogP contribution is -2.30.